The molecule has 0 N–H and O–H groups in total. The normalized spacial score (nSPS) is 11.7. The average molecular weight is 458 g/mol. The van der Waals surface area contributed by atoms with E-state index in [1.807, 2.05) is 53.0 Å². The number of hydrogen-bond acceptors (Lipinski definition) is 4. The van der Waals surface area contributed by atoms with Gasteiger partial charge in [-0.3, -0.25) is 0 Å². The molecule has 0 bridgehead atoms. The topological polar surface area (TPSA) is 56.0 Å². The summed E-state index contributed by atoms with van der Waals surface area (Å²) in [5, 5.41) is 7.52. The molecule has 0 atom stereocenters. The van der Waals surface area contributed by atoms with E-state index in [0.29, 0.717) is 16.3 Å². The molecule has 0 aliphatic heterocycles. The number of rotatable bonds is 2. The molecular formula is C28H16ClN5. The van der Waals surface area contributed by atoms with Crippen molar-refractivity contribution in [3.05, 3.63) is 102 Å². The molecule has 160 valence electrons. The average Bonchev–Trinajstić information content (AvgIpc) is 3.34. The van der Waals surface area contributed by atoms with Gasteiger partial charge in [-0.15, -0.1) is 0 Å². The quantitative estimate of drug-likeness (QED) is 0.208. The van der Waals surface area contributed by atoms with Gasteiger partial charge >= 0.3 is 0 Å². The second-order valence-corrected chi connectivity index (χ2v) is 8.54. The van der Waals surface area contributed by atoms with Crippen molar-refractivity contribution >= 4 is 50.1 Å². The van der Waals surface area contributed by atoms with Crippen molar-refractivity contribution < 1.29 is 0 Å². The highest BCUT2D eigenvalue weighted by Gasteiger charge is 2.21. The Bertz CT molecular complexity index is 1860. The molecule has 0 amide bonds. The summed E-state index contributed by atoms with van der Waals surface area (Å²) in [5.41, 5.74) is 7.79. The minimum atomic E-state index is 0.327. The highest BCUT2D eigenvalue weighted by molar-refractivity contribution is 6.30. The maximum atomic E-state index is 6.30. The molecule has 0 spiro atoms. The number of fused-ring (bicyclic) bond motifs is 7. The van der Waals surface area contributed by atoms with Crippen LogP contribution in [-0.2, 0) is 0 Å². The molecule has 0 radical (unpaired) electrons. The van der Waals surface area contributed by atoms with Gasteiger partial charge in [-0.1, -0.05) is 96.5 Å². The van der Waals surface area contributed by atoms with E-state index in [0.717, 1.165) is 49.7 Å². The molecule has 34 heavy (non-hydrogen) atoms. The number of hydrogen-bond donors (Lipinski definition) is 0. The van der Waals surface area contributed by atoms with Crippen molar-refractivity contribution in [1.29, 1.82) is 0 Å². The van der Waals surface area contributed by atoms with Crippen LogP contribution in [0, 0.1) is 0 Å². The molecule has 0 saturated carbocycles. The van der Waals surface area contributed by atoms with E-state index in [9.17, 15) is 0 Å². The van der Waals surface area contributed by atoms with Crippen molar-refractivity contribution in [3.8, 4) is 22.4 Å². The molecule has 7 aromatic rings. The minimum absolute atomic E-state index is 0.327. The van der Waals surface area contributed by atoms with Crippen LogP contribution in [0.1, 0.15) is 0 Å². The molecule has 0 unspecified atom stereocenters. The zero-order chi connectivity index (χ0) is 22.6. The summed E-state index contributed by atoms with van der Waals surface area (Å²) < 4.78 is 2.00. The van der Waals surface area contributed by atoms with E-state index < -0.39 is 0 Å². The Hall–Kier alpha value is -4.35. The lowest BCUT2D eigenvalue weighted by Crippen LogP contribution is -2.01. The van der Waals surface area contributed by atoms with Crippen molar-refractivity contribution in [2.45, 2.75) is 0 Å². The monoisotopic (exact) mass is 457 g/mol. The summed E-state index contributed by atoms with van der Waals surface area (Å²) >= 11 is 6.30. The van der Waals surface area contributed by atoms with Gasteiger partial charge in [0.2, 0.25) is 0 Å². The van der Waals surface area contributed by atoms with Crippen LogP contribution in [0.4, 0.5) is 0 Å². The van der Waals surface area contributed by atoms with E-state index in [1.165, 1.54) is 0 Å². The first-order valence-corrected chi connectivity index (χ1v) is 11.3. The van der Waals surface area contributed by atoms with Gasteiger partial charge in [-0.2, -0.15) is 5.10 Å². The summed E-state index contributed by atoms with van der Waals surface area (Å²) in [5.74, 6) is 0. The Kier molecular flexibility index (Phi) is 4.13. The lowest BCUT2D eigenvalue weighted by atomic mass is 10.00. The summed E-state index contributed by atoms with van der Waals surface area (Å²) in [6.07, 6.45) is 1.54. The third-order valence-electron chi connectivity index (χ3n) is 6.15. The zero-order valence-electron chi connectivity index (χ0n) is 17.9. The second-order valence-electron chi connectivity index (χ2n) is 8.15. The van der Waals surface area contributed by atoms with E-state index in [2.05, 4.69) is 52.4 Å². The van der Waals surface area contributed by atoms with Crippen LogP contribution in [0.3, 0.4) is 0 Å². The fourth-order valence-electron chi connectivity index (χ4n) is 4.68. The predicted molar refractivity (Wildman–Crippen MR) is 137 cm³/mol. The van der Waals surface area contributed by atoms with E-state index >= 15 is 0 Å². The number of pyridine rings is 2. The van der Waals surface area contributed by atoms with Gasteiger partial charge < -0.3 is 0 Å². The predicted octanol–water partition coefficient (Wildman–Crippen LogP) is 6.97. The Morgan fingerprint density at radius 2 is 1.35 bits per heavy atom. The third-order valence-corrected chi connectivity index (χ3v) is 6.33. The van der Waals surface area contributed by atoms with Crippen LogP contribution in [-0.4, -0.2) is 24.6 Å². The Balaban J connectivity index is 1.76. The molecule has 7 rings (SSSR count). The smallest absolute Gasteiger partial charge is 0.179 e. The van der Waals surface area contributed by atoms with E-state index in [-0.39, 0.29) is 0 Å². The SMILES string of the molecule is Clc1cnc2nc3c4ccccc4c4cc(-c5ccccc5)nn4c3c(-c3ccccc3)c2n1. The summed E-state index contributed by atoms with van der Waals surface area (Å²) in [4.78, 5) is 14.1. The molecule has 6 heteroatoms. The minimum Gasteiger partial charge on any atom is -0.232 e. The molecule has 0 aliphatic rings. The van der Waals surface area contributed by atoms with Crippen molar-refractivity contribution in [2.75, 3.05) is 0 Å². The lowest BCUT2D eigenvalue weighted by molar-refractivity contribution is 1.01. The largest absolute Gasteiger partial charge is 0.232 e. The number of benzene rings is 3. The second kappa shape index (κ2) is 7.33. The fraction of sp³-hybridized carbons (Fsp3) is 0. The molecule has 4 heterocycles. The Morgan fingerprint density at radius 3 is 2.12 bits per heavy atom. The highest BCUT2D eigenvalue weighted by atomic mass is 35.5. The Labute approximate surface area is 199 Å². The van der Waals surface area contributed by atoms with Crippen molar-refractivity contribution in [2.24, 2.45) is 0 Å². The standard InChI is InChI=1S/C28H16ClN5/c29-23-16-30-28-26(31-23)24(18-11-5-2-6-12-18)27-25(32-28)20-14-8-7-13-19(20)22-15-21(33-34(22)27)17-9-3-1-4-10-17/h1-16H. The summed E-state index contributed by atoms with van der Waals surface area (Å²) in [7, 11) is 0. The maximum Gasteiger partial charge on any atom is 0.179 e. The van der Waals surface area contributed by atoms with E-state index in [1.54, 1.807) is 6.20 Å². The number of halogens is 1. The van der Waals surface area contributed by atoms with Crippen LogP contribution in [0.2, 0.25) is 5.15 Å². The van der Waals surface area contributed by atoms with Gasteiger partial charge in [0.1, 0.15) is 16.2 Å². The molecule has 0 fully saturated rings. The Morgan fingerprint density at radius 1 is 0.676 bits per heavy atom. The van der Waals surface area contributed by atoms with Crippen LogP contribution in [0.25, 0.3) is 60.9 Å². The third kappa shape index (κ3) is 2.81. The summed E-state index contributed by atoms with van der Waals surface area (Å²) in [6, 6.07) is 30.8. The van der Waals surface area contributed by atoms with Gasteiger partial charge in [0.25, 0.3) is 0 Å². The number of aromatic nitrogens is 5. The lowest BCUT2D eigenvalue weighted by Gasteiger charge is -2.14. The van der Waals surface area contributed by atoms with Crippen molar-refractivity contribution in [3.63, 3.8) is 0 Å². The van der Waals surface area contributed by atoms with Crippen molar-refractivity contribution in [1.82, 2.24) is 24.6 Å². The molecule has 4 aromatic heterocycles. The first kappa shape index (κ1) is 19.1. The molecule has 3 aromatic carbocycles. The maximum absolute atomic E-state index is 6.30. The molecule has 5 nitrogen and oxygen atoms in total. The molecular weight excluding hydrogens is 442 g/mol. The fourth-order valence-corrected chi connectivity index (χ4v) is 4.81. The van der Waals surface area contributed by atoms with Crippen LogP contribution < -0.4 is 0 Å². The van der Waals surface area contributed by atoms with Gasteiger partial charge in [0.05, 0.1) is 22.9 Å². The molecule has 0 saturated heterocycles. The summed E-state index contributed by atoms with van der Waals surface area (Å²) in [6.45, 7) is 0. The van der Waals surface area contributed by atoms with Crippen LogP contribution >= 0.6 is 11.6 Å². The van der Waals surface area contributed by atoms with E-state index in [4.69, 9.17) is 21.7 Å². The van der Waals surface area contributed by atoms with Gasteiger partial charge in [0, 0.05) is 21.9 Å². The van der Waals surface area contributed by atoms with Gasteiger partial charge in [-0.25, -0.2) is 19.5 Å². The number of nitrogens with zero attached hydrogens (tertiary/aromatic N) is 5. The van der Waals surface area contributed by atoms with Crippen LogP contribution in [0.5, 0.6) is 0 Å². The van der Waals surface area contributed by atoms with Gasteiger partial charge in [0.15, 0.2) is 5.65 Å². The molecule has 0 aliphatic carbocycles. The van der Waals surface area contributed by atoms with Crippen LogP contribution in [0.15, 0.2) is 97.2 Å². The first-order chi connectivity index (χ1) is 16.8. The zero-order valence-corrected chi connectivity index (χ0v) is 18.6. The highest BCUT2D eigenvalue weighted by Crippen LogP contribution is 2.39. The van der Waals surface area contributed by atoms with Gasteiger partial charge in [-0.05, 0) is 11.6 Å². The first-order valence-electron chi connectivity index (χ1n) is 11.0.